The summed E-state index contributed by atoms with van der Waals surface area (Å²) in [6.07, 6.45) is 0. The number of anilines is 2. The zero-order chi connectivity index (χ0) is 14.7. The van der Waals surface area contributed by atoms with E-state index in [4.69, 9.17) is 46.4 Å². The van der Waals surface area contributed by atoms with E-state index in [1.807, 2.05) is 0 Å². The smallest absolute Gasteiger partial charge is 0.220 e. The van der Waals surface area contributed by atoms with Crippen molar-refractivity contribution in [2.75, 3.05) is 9.44 Å². The van der Waals surface area contributed by atoms with Gasteiger partial charge in [0.15, 0.2) is 0 Å². The van der Waals surface area contributed by atoms with E-state index >= 15 is 0 Å². The van der Waals surface area contributed by atoms with Crippen molar-refractivity contribution in [3.63, 3.8) is 0 Å². The fourth-order valence-corrected chi connectivity index (χ4v) is 2.69. The standard InChI is InChI=1S/C12H8Cl4N2OS/c13-9-3-1-7(5-11(9)15)17-20(19)18-8-2-4-10(14)12(16)6-8/h1-6,17-18H. The first-order valence-electron chi connectivity index (χ1n) is 5.31. The normalized spacial score (nSPS) is 10.7. The highest BCUT2D eigenvalue weighted by Gasteiger charge is 2.05. The molecule has 0 radical (unpaired) electrons. The topological polar surface area (TPSA) is 41.1 Å². The van der Waals surface area contributed by atoms with Crippen LogP contribution in [0.25, 0.3) is 0 Å². The molecule has 106 valence electrons. The fourth-order valence-electron chi connectivity index (χ4n) is 1.36. The van der Waals surface area contributed by atoms with E-state index in [1.165, 1.54) is 0 Å². The van der Waals surface area contributed by atoms with E-state index in [9.17, 15) is 4.21 Å². The minimum Gasteiger partial charge on any atom is -0.288 e. The largest absolute Gasteiger partial charge is 0.288 e. The van der Waals surface area contributed by atoms with Gasteiger partial charge in [-0.2, -0.15) is 0 Å². The van der Waals surface area contributed by atoms with E-state index in [0.717, 1.165) is 0 Å². The second kappa shape index (κ2) is 6.87. The lowest BCUT2D eigenvalue weighted by atomic mass is 10.3. The average molecular weight is 370 g/mol. The third-order valence-corrected chi connectivity index (χ3v) is 4.58. The molecule has 0 saturated heterocycles. The monoisotopic (exact) mass is 368 g/mol. The highest BCUT2D eigenvalue weighted by Crippen LogP contribution is 2.27. The summed E-state index contributed by atoms with van der Waals surface area (Å²) in [5.74, 6) is 0. The lowest BCUT2D eigenvalue weighted by Crippen LogP contribution is -2.13. The van der Waals surface area contributed by atoms with Crippen molar-refractivity contribution >= 4 is 69.0 Å². The number of hydrogen-bond acceptors (Lipinski definition) is 1. The van der Waals surface area contributed by atoms with E-state index < -0.39 is 11.2 Å². The van der Waals surface area contributed by atoms with Gasteiger partial charge in [-0.15, -0.1) is 0 Å². The van der Waals surface area contributed by atoms with Crippen molar-refractivity contribution in [2.24, 2.45) is 0 Å². The van der Waals surface area contributed by atoms with Gasteiger partial charge in [0, 0.05) is 11.4 Å². The Morgan fingerprint density at radius 3 is 1.45 bits per heavy atom. The quantitative estimate of drug-likeness (QED) is 0.743. The van der Waals surface area contributed by atoms with E-state index in [-0.39, 0.29) is 0 Å². The van der Waals surface area contributed by atoms with Crippen molar-refractivity contribution < 1.29 is 4.21 Å². The van der Waals surface area contributed by atoms with Crippen LogP contribution in [0.3, 0.4) is 0 Å². The summed E-state index contributed by atoms with van der Waals surface area (Å²) in [5, 5.41) is 1.62. The van der Waals surface area contributed by atoms with Gasteiger partial charge in [0.2, 0.25) is 11.2 Å². The molecule has 8 heteroatoms. The first-order valence-corrected chi connectivity index (χ1v) is 7.97. The molecule has 2 N–H and O–H groups in total. The highest BCUT2D eigenvalue weighted by molar-refractivity contribution is 7.87. The molecule has 0 atom stereocenters. The lowest BCUT2D eigenvalue weighted by Gasteiger charge is -2.09. The van der Waals surface area contributed by atoms with Crippen LogP contribution in [0.15, 0.2) is 36.4 Å². The van der Waals surface area contributed by atoms with Crippen molar-refractivity contribution in [2.45, 2.75) is 0 Å². The minimum absolute atomic E-state index is 0.378. The summed E-state index contributed by atoms with van der Waals surface area (Å²) in [5.41, 5.74) is 1.15. The van der Waals surface area contributed by atoms with E-state index in [2.05, 4.69) is 9.44 Å². The molecule has 3 nitrogen and oxygen atoms in total. The van der Waals surface area contributed by atoms with E-state index in [0.29, 0.717) is 31.5 Å². The summed E-state index contributed by atoms with van der Waals surface area (Å²) < 4.78 is 17.4. The van der Waals surface area contributed by atoms with Gasteiger partial charge in [0.25, 0.3) is 0 Å². The van der Waals surface area contributed by atoms with Crippen LogP contribution in [0.4, 0.5) is 11.4 Å². The Morgan fingerprint density at radius 2 is 1.10 bits per heavy atom. The highest BCUT2D eigenvalue weighted by atomic mass is 35.5. The molecule has 0 spiro atoms. The third-order valence-electron chi connectivity index (χ3n) is 2.26. The first-order chi connectivity index (χ1) is 9.45. The molecule has 0 aliphatic heterocycles. The van der Waals surface area contributed by atoms with Crippen LogP contribution < -0.4 is 9.44 Å². The van der Waals surface area contributed by atoms with Gasteiger partial charge >= 0.3 is 0 Å². The maximum absolute atomic E-state index is 11.9. The molecule has 0 unspecified atom stereocenters. The van der Waals surface area contributed by atoms with Gasteiger partial charge in [-0.1, -0.05) is 46.4 Å². The molecule has 0 bridgehead atoms. The Balaban J connectivity index is 2.04. The van der Waals surface area contributed by atoms with Crippen LogP contribution in [-0.4, -0.2) is 4.21 Å². The summed E-state index contributed by atoms with van der Waals surface area (Å²) in [4.78, 5) is 0. The first kappa shape index (κ1) is 15.7. The molecule has 0 heterocycles. The SMILES string of the molecule is O=S(Nc1ccc(Cl)c(Cl)c1)Nc1ccc(Cl)c(Cl)c1. The summed E-state index contributed by atoms with van der Waals surface area (Å²) >= 11 is 21.8. The van der Waals surface area contributed by atoms with Gasteiger partial charge in [0.1, 0.15) is 0 Å². The summed E-state index contributed by atoms with van der Waals surface area (Å²) in [6.45, 7) is 0. The Kier molecular flexibility index (Phi) is 5.41. The third kappa shape index (κ3) is 4.17. The second-order valence-electron chi connectivity index (χ2n) is 3.73. The number of benzene rings is 2. The van der Waals surface area contributed by atoms with Gasteiger partial charge in [0.05, 0.1) is 20.1 Å². The molecule has 0 aliphatic carbocycles. The molecular formula is C12H8Cl4N2OS. The maximum atomic E-state index is 11.9. The van der Waals surface area contributed by atoms with Crippen LogP contribution in [-0.2, 0) is 11.2 Å². The molecule has 0 aliphatic rings. The summed E-state index contributed by atoms with van der Waals surface area (Å²) in [7, 11) is 0. The van der Waals surface area contributed by atoms with Crippen molar-refractivity contribution in [1.29, 1.82) is 0 Å². The number of hydrogen-bond donors (Lipinski definition) is 2. The molecule has 0 fully saturated rings. The van der Waals surface area contributed by atoms with Gasteiger partial charge in [-0.25, -0.2) is 4.21 Å². The molecule has 0 amide bonds. The van der Waals surface area contributed by atoms with Crippen LogP contribution in [0, 0.1) is 0 Å². The van der Waals surface area contributed by atoms with Crippen LogP contribution in [0.5, 0.6) is 0 Å². The second-order valence-corrected chi connectivity index (χ2v) is 6.31. The van der Waals surface area contributed by atoms with Crippen LogP contribution in [0.1, 0.15) is 0 Å². The molecule has 2 aromatic carbocycles. The Hall–Kier alpha value is -0.650. The van der Waals surface area contributed by atoms with Gasteiger partial charge in [-0.05, 0) is 36.4 Å². The predicted molar refractivity (Wildman–Crippen MR) is 88.3 cm³/mol. The number of halogens is 4. The zero-order valence-electron chi connectivity index (χ0n) is 9.79. The van der Waals surface area contributed by atoms with E-state index in [1.54, 1.807) is 36.4 Å². The molecule has 0 aromatic heterocycles. The molecular weight excluding hydrogens is 362 g/mol. The average Bonchev–Trinajstić information content (AvgIpc) is 2.38. The van der Waals surface area contributed by atoms with Crippen molar-refractivity contribution in [3.05, 3.63) is 56.5 Å². The number of rotatable bonds is 4. The zero-order valence-corrected chi connectivity index (χ0v) is 13.6. The Labute approximate surface area is 138 Å². The van der Waals surface area contributed by atoms with Crippen LogP contribution >= 0.6 is 46.4 Å². The molecule has 0 saturated carbocycles. The van der Waals surface area contributed by atoms with Gasteiger partial charge in [-0.3, -0.25) is 9.44 Å². The number of nitrogens with one attached hydrogen (secondary N) is 2. The minimum atomic E-state index is -1.56. The predicted octanol–water partition coefficient (Wildman–Crippen LogP) is 5.40. The Bertz CT molecular complexity index is 610. The Morgan fingerprint density at radius 1 is 0.700 bits per heavy atom. The van der Waals surface area contributed by atoms with Crippen molar-refractivity contribution in [3.8, 4) is 0 Å². The lowest BCUT2D eigenvalue weighted by molar-refractivity contribution is 0.689. The fraction of sp³-hybridized carbons (Fsp3) is 0. The summed E-state index contributed by atoms with van der Waals surface area (Å²) in [6, 6.07) is 9.73. The molecule has 2 rings (SSSR count). The van der Waals surface area contributed by atoms with Crippen LogP contribution in [0.2, 0.25) is 20.1 Å². The maximum Gasteiger partial charge on any atom is 0.220 e. The van der Waals surface area contributed by atoms with Gasteiger partial charge < -0.3 is 0 Å². The molecule has 2 aromatic rings. The molecule has 20 heavy (non-hydrogen) atoms. The van der Waals surface area contributed by atoms with Crippen molar-refractivity contribution in [1.82, 2.24) is 0 Å².